The summed E-state index contributed by atoms with van der Waals surface area (Å²) in [6, 6.07) is 9.70. The van der Waals surface area contributed by atoms with Crippen molar-refractivity contribution in [3.63, 3.8) is 0 Å². The maximum absolute atomic E-state index is 13.3. The molecule has 0 aliphatic heterocycles. The summed E-state index contributed by atoms with van der Waals surface area (Å²) in [7, 11) is 0. The zero-order valence-corrected chi connectivity index (χ0v) is 25.3. The van der Waals surface area contributed by atoms with Crippen LogP contribution in [-0.2, 0) is 28.7 Å². The monoisotopic (exact) mass is 798 g/mol. The molecular formula is C21H12Cl4F14O6S. The van der Waals surface area contributed by atoms with Gasteiger partial charge in [-0.1, -0.05) is 18.2 Å². The third kappa shape index (κ3) is 10.2. The number of hydrogen-bond acceptors (Lipinski definition) is 7. The number of alkyl halides is 14. The van der Waals surface area contributed by atoms with E-state index in [1.807, 2.05) is 30.3 Å². The highest BCUT2D eigenvalue weighted by Crippen LogP contribution is 2.53. The lowest BCUT2D eigenvalue weighted by Gasteiger charge is -2.33. The van der Waals surface area contributed by atoms with Crippen LogP contribution in [0, 0.1) is 0 Å². The van der Waals surface area contributed by atoms with Crippen molar-refractivity contribution in [2.24, 2.45) is 0 Å². The molecule has 0 aliphatic rings. The van der Waals surface area contributed by atoms with E-state index in [1.54, 1.807) is 0 Å². The lowest BCUT2D eigenvalue weighted by Crippen LogP contribution is -2.65. The Morgan fingerprint density at radius 1 is 0.630 bits per heavy atom. The van der Waals surface area contributed by atoms with Gasteiger partial charge in [-0.2, -0.15) is 57.1 Å². The Labute approximate surface area is 270 Å². The summed E-state index contributed by atoms with van der Waals surface area (Å²) in [5.41, 5.74) is -5.81. The first-order valence-corrected chi connectivity index (χ1v) is 13.1. The first-order chi connectivity index (χ1) is 20.3. The van der Waals surface area contributed by atoms with E-state index in [1.165, 1.54) is 11.8 Å². The molecule has 1 atom stereocenters. The predicted octanol–water partition coefficient (Wildman–Crippen LogP) is 7.82. The molecule has 0 saturated heterocycles. The second kappa shape index (κ2) is 16.8. The summed E-state index contributed by atoms with van der Waals surface area (Å²) in [5, 5.41) is -9.86. The van der Waals surface area contributed by atoms with Gasteiger partial charge in [-0.05, 0) is 65.5 Å². The molecule has 1 aromatic rings. The maximum atomic E-state index is 13.3. The molecule has 264 valence electrons. The molecule has 0 bridgehead atoms. The summed E-state index contributed by atoms with van der Waals surface area (Å²) in [6.07, 6.45) is -6.35. The molecule has 1 unspecified atom stereocenters. The molecule has 0 radical (unpaired) electrons. The molecule has 0 aliphatic carbocycles. The fourth-order valence-electron chi connectivity index (χ4n) is 2.09. The van der Waals surface area contributed by atoms with Crippen LogP contribution in [0.1, 0.15) is 6.92 Å². The van der Waals surface area contributed by atoms with Crippen LogP contribution in [-0.4, -0.2) is 80.8 Å². The normalized spacial score (nSPS) is 14.0. The third-order valence-corrected chi connectivity index (χ3v) is 6.42. The van der Waals surface area contributed by atoms with Gasteiger partial charge in [0, 0.05) is 4.90 Å². The molecule has 0 N–H and O–H groups in total. The highest BCUT2D eigenvalue weighted by atomic mass is 35.5. The van der Waals surface area contributed by atoms with E-state index in [0.717, 1.165) is 11.8 Å². The van der Waals surface area contributed by atoms with E-state index in [-0.39, 0.29) is 5.24 Å². The number of esters is 1. The van der Waals surface area contributed by atoms with E-state index >= 15 is 0 Å². The molecule has 0 saturated carbocycles. The van der Waals surface area contributed by atoms with Gasteiger partial charge in [-0.15, -0.1) is 11.8 Å². The Morgan fingerprint density at radius 3 is 1.24 bits per heavy atom. The van der Waals surface area contributed by atoms with Crippen LogP contribution >= 0.6 is 58.2 Å². The largest absolute Gasteiger partial charge is 0.463 e. The number of benzene rings is 1. The standard InChI is InChI=1S/C8H7ClOS.C7H5ClF6O3.C6Cl2F8O2/c9-8(10)6-11-7-4-2-1-3-5-7;1-2-17-4(16)5(9,7(12,13)14)6(10,11)3(8)15;7-1(17)3(9,10)5(13,14)6(15,16)4(11,12)2(8)18/h1-5H,6H2;2H2,1H3;. The smallest absolute Gasteiger partial charge is 0.440 e. The number of carbonyl (C=O) groups is 5. The Bertz CT molecular complexity index is 1220. The number of ether oxygens (including phenoxy) is 1. The van der Waals surface area contributed by atoms with Crippen molar-refractivity contribution in [2.75, 3.05) is 12.4 Å². The van der Waals surface area contributed by atoms with Crippen LogP contribution in [0.25, 0.3) is 0 Å². The van der Waals surface area contributed by atoms with Crippen LogP contribution in [0.5, 0.6) is 0 Å². The van der Waals surface area contributed by atoms with Gasteiger partial charge >= 0.3 is 47.4 Å². The number of carbonyl (C=O) groups excluding carboxylic acids is 5. The molecule has 6 nitrogen and oxygen atoms in total. The van der Waals surface area contributed by atoms with Gasteiger partial charge in [0.05, 0.1) is 12.4 Å². The van der Waals surface area contributed by atoms with E-state index in [0.29, 0.717) is 5.75 Å². The number of hydrogen-bond donors (Lipinski definition) is 0. The maximum Gasteiger partial charge on any atom is 0.440 e. The van der Waals surface area contributed by atoms with Crippen molar-refractivity contribution < 1.29 is 90.2 Å². The van der Waals surface area contributed by atoms with Crippen LogP contribution in [0.2, 0.25) is 0 Å². The van der Waals surface area contributed by atoms with Crippen molar-refractivity contribution in [1.82, 2.24) is 0 Å². The molecule has 0 spiro atoms. The van der Waals surface area contributed by atoms with Crippen molar-refractivity contribution >= 4 is 85.1 Å². The molecule has 1 aromatic carbocycles. The first kappa shape index (κ1) is 46.0. The Balaban J connectivity index is 0. The van der Waals surface area contributed by atoms with Gasteiger partial charge < -0.3 is 4.74 Å². The van der Waals surface area contributed by atoms with Gasteiger partial charge in [0.2, 0.25) is 5.24 Å². The average molecular weight is 800 g/mol. The second-order valence-electron chi connectivity index (χ2n) is 7.53. The quantitative estimate of drug-likeness (QED) is 0.0922. The van der Waals surface area contributed by atoms with E-state index in [2.05, 4.69) is 39.5 Å². The van der Waals surface area contributed by atoms with Crippen molar-refractivity contribution in [1.29, 1.82) is 0 Å². The summed E-state index contributed by atoms with van der Waals surface area (Å²) >= 11 is 18.6. The Morgan fingerprint density at radius 2 is 0.978 bits per heavy atom. The average Bonchev–Trinajstić information content (AvgIpc) is 2.91. The minimum absolute atomic E-state index is 0.307. The molecular weight excluding hydrogens is 788 g/mol. The van der Waals surface area contributed by atoms with E-state index in [4.69, 9.17) is 11.6 Å². The fourth-order valence-corrected chi connectivity index (χ4v) is 3.25. The van der Waals surface area contributed by atoms with Crippen LogP contribution in [0.3, 0.4) is 0 Å². The van der Waals surface area contributed by atoms with Gasteiger partial charge in [-0.3, -0.25) is 19.2 Å². The second-order valence-corrected chi connectivity index (χ2v) is 10.0. The zero-order valence-electron chi connectivity index (χ0n) is 21.5. The van der Waals surface area contributed by atoms with Crippen molar-refractivity contribution in [3.8, 4) is 0 Å². The van der Waals surface area contributed by atoms with Crippen molar-refractivity contribution in [2.45, 2.75) is 53.3 Å². The Hall–Kier alpha value is -2.10. The minimum Gasteiger partial charge on any atom is -0.463 e. The molecule has 1 rings (SSSR count). The number of thioether (sulfide) groups is 1. The Kier molecular flexibility index (Phi) is 16.8. The molecule has 46 heavy (non-hydrogen) atoms. The molecule has 25 heteroatoms. The van der Waals surface area contributed by atoms with Gasteiger partial charge in [0.15, 0.2) is 0 Å². The molecule has 0 amide bonds. The molecule has 0 heterocycles. The number of rotatable bonds is 12. The van der Waals surface area contributed by atoms with Crippen LogP contribution in [0.15, 0.2) is 35.2 Å². The highest BCUT2D eigenvalue weighted by molar-refractivity contribution is 8.00. The lowest BCUT2D eigenvalue weighted by molar-refractivity contribution is -0.343. The summed E-state index contributed by atoms with van der Waals surface area (Å²) in [4.78, 5) is 52.0. The minimum atomic E-state index is -6.92. The predicted molar refractivity (Wildman–Crippen MR) is 132 cm³/mol. The van der Waals surface area contributed by atoms with Gasteiger partial charge in [-0.25, -0.2) is 9.18 Å². The first-order valence-electron chi connectivity index (χ1n) is 10.6. The number of halogens is 18. The summed E-state index contributed by atoms with van der Waals surface area (Å²) in [6.45, 7) is 0.183. The summed E-state index contributed by atoms with van der Waals surface area (Å²) < 4.78 is 179. The third-order valence-electron chi connectivity index (χ3n) is 4.40. The lowest BCUT2D eigenvalue weighted by atomic mass is 9.98. The van der Waals surface area contributed by atoms with Gasteiger partial charge in [0.25, 0.3) is 15.7 Å². The van der Waals surface area contributed by atoms with Crippen LogP contribution in [0.4, 0.5) is 61.5 Å². The topological polar surface area (TPSA) is 94.6 Å². The molecule has 0 fully saturated rings. The van der Waals surface area contributed by atoms with Gasteiger partial charge in [0.1, 0.15) is 0 Å². The van der Waals surface area contributed by atoms with E-state index < -0.39 is 69.8 Å². The highest BCUT2D eigenvalue weighted by Gasteiger charge is 2.84. The molecule has 0 aromatic heterocycles. The SMILES string of the molecule is CCOC(=O)C(F)(C(F)(F)F)C(F)(F)C(=O)Cl.O=C(Cl)C(F)(F)C(F)(F)C(F)(F)C(F)(F)C(=O)Cl.O=C(Cl)CSc1ccccc1. The van der Waals surface area contributed by atoms with E-state index in [9.17, 15) is 85.4 Å². The van der Waals surface area contributed by atoms with Crippen molar-refractivity contribution in [3.05, 3.63) is 30.3 Å². The summed E-state index contributed by atoms with van der Waals surface area (Å²) in [5.74, 6) is -34.9. The van der Waals surface area contributed by atoms with Crippen LogP contribution < -0.4 is 0 Å². The zero-order chi connectivity index (χ0) is 37.3. The fraction of sp³-hybridized carbons (Fsp3) is 0.476.